The minimum Gasteiger partial charge on any atom is -0.343 e. The van der Waals surface area contributed by atoms with Crippen LogP contribution in [0, 0.1) is 0 Å². The smallest absolute Gasteiger partial charge is 0.222 e. The quantitative estimate of drug-likeness (QED) is 0.625. The summed E-state index contributed by atoms with van der Waals surface area (Å²) in [5, 5.41) is 0.995. The minimum absolute atomic E-state index is 0.297. The topological polar surface area (TPSA) is 20.3 Å². The Balaban J connectivity index is 2.41. The van der Waals surface area contributed by atoms with Crippen molar-refractivity contribution in [3.8, 4) is 0 Å². The Morgan fingerprint density at radius 1 is 1.80 bits per heavy atom. The number of rotatable bonds is 2. The molecule has 1 aliphatic rings. The highest BCUT2D eigenvalue weighted by atomic mass is 79.9. The van der Waals surface area contributed by atoms with Gasteiger partial charge in [0.1, 0.15) is 0 Å². The lowest BCUT2D eigenvalue weighted by atomic mass is 10.2. The predicted octanol–water partition coefficient (Wildman–Crippen LogP) is 1.39. The summed E-state index contributed by atoms with van der Waals surface area (Å²) >= 11 is 3.37. The molecule has 1 amide bonds. The molecule has 1 rings (SSSR count). The van der Waals surface area contributed by atoms with E-state index in [2.05, 4.69) is 15.9 Å². The summed E-state index contributed by atoms with van der Waals surface area (Å²) in [7, 11) is 1.89. The van der Waals surface area contributed by atoms with Crippen LogP contribution in [0.1, 0.15) is 19.3 Å². The van der Waals surface area contributed by atoms with Gasteiger partial charge >= 0.3 is 0 Å². The van der Waals surface area contributed by atoms with Crippen LogP contribution >= 0.6 is 15.9 Å². The Bertz CT molecular complexity index is 138. The van der Waals surface area contributed by atoms with Gasteiger partial charge in [0.2, 0.25) is 5.91 Å². The van der Waals surface area contributed by atoms with Crippen LogP contribution in [-0.2, 0) is 4.79 Å². The number of amides is 1. The number of halogens is 1. The van der Waals surface area contributed by atoms with Crippen LogP contribution in [0.15, 0.2) is 0 Å². The molecule has 0 aromatic rings. The molecule has 0 radical (unpaired) electrons. The van der Waals surface area contributed by atoms with Crippen LogP contribution in [0.3, 0.4) is 0 Å². The summed E-state index contributed by atoms with van der Waals surface area (Å²) in [5.74, 6) is 0.297. The van der Waals surface area contributed by atoms with Gasteiger partial charge in [0.05, 0.1) is 0 Å². The SMILES string of the molecule is CN1C(=O)CCC1CCBr. The van der Waals surface area contributed by atoms with Crippen molar-refractivity contribution in [2.24, 2.45) is 0 Å². The van der Waals surface area contributed by atoms with Crippen molar-refractivity contribution in [1.82, 2.24) is 4.90 Å². The van der Waals surface area contributed by atoms with E-state index in [0.29, 0.717) is 11.9 Å². The van der Waals surface area contributed by atoms with Gasteiger partial charge < -0.3 is 4.90 Å². The Kier molecular flexibility index (Phi) is 2.72. The number of nitrogens with zero attached hydrogens (tertiary/aromatic N) is 1. The summed E-state index contributed by atoms with van der Waals surface area (Å²) in [6.45, 7) is 0. The highest BCUT2D eigenvalue weighted by Gasteiger charge is 2.26. The van der Waals surface area contributed by atoms with E-state index >= 15 is 0 Å². The molecule has 1 fully saturated rings. The largest absolute Gasteiger partial charge is 0.343 e. The molecule has 1 unspecified atom stereocenters. The van der Waals surface area contributed by atoms with E-state index in [9.17, 15) is 4.79 Å². The number of hydrogen-bond acceptors (Lipinski definition) is 1. The van der Waals surface area contributed by atoms with Crippen molar-refractivity contribution in [2.75, 3.05) is 12.4 Å². The van der Waals surface area contributed by atoms with Gasteiger partial charge in [0.15, 0.2) is 0 Å². The van der Waals surface area contributed by atoms with Crippen molar-refractivity contribution in [1.29, 1.82) is 0 Å². The molecule has 1 aliphatic heterocycles. The third kappa shape index (κ3) is 1.51. The summed E-state index contributed by atoms with van der Waals surface area (Å²) in [5.41, 5.74) is 0. The third-order valence-corrected chi connectivity index (χ3v) is 2.53. The van der Waals surface area contributed by atoms with E-state index in [1.807, 2.05) is 11.9 Å². The fourth-order valence-electron chi connectivity index (χ4n) is 1.33. The molecule has 0 saturated carbocycles. The summed E-state index contributed by atoms with van der Waals surface area (Å²) in [4.78, 5) is 12.8. The zero-order valence-corrected chi connectivity index (χ0v) is 7.73. The number of carbonyl (C=O) groups excluding carboxylic acids is 1. The number of likely N-dealkylation sites (tertiary alicyclic amines) is 1. The molecule has 0 bridgehead atoms. The van der Waals surface area contributed by atoms with Crippen molar-refractivity contribution >= 4 is 21.8 Å². The molecule has 0 aliphatic carbocycles. The molecule has 0 aromatic carbocycles. The van der Waals surface area contributed by atoms with Crippen LogP contribution in [0.2, 0.25) is 0 Å². The highest BCUT2D eigenvalue weighted by molar-refractivity contribution is 9.09. The van der Waals surface area contributed by atoms with Crippen LogP contribution in [0.25, 0.3) is 0 Å². The fraction of sp³-hybridized carbons (Fsp3) is 0.857. The molecule has 58 valence electrons. The van der Waals surface area contributed by atoms with Gasteiger partial charge in [-0.3, -0.25) is 4.79 Å². The second kappa shape index (κ2) is 3.37. The Hall–Kier alpha value is -0.0500. The average molecular weight is 206 g/mol. The normalized spacial score (nSPS) is 26.0. The van der Waals surface area contributed by atoms with Crippen LogP contribution < -0.4 is 0 Å². The van der Waals surface area contributed by atoms with E-state index in [1.54, 1.807) is 0 Å². The monoisotopic (exact) mass is 205 g/mol. The van der Waals surface area contributed by atoms with Crippen LogP contribution in [-0.4, -0.2) is 29.2 Å². The van der Waals surface area contributed by atoms with Crippen molar-refractivity contribution in [3.05, 3.63) is 0 Å². The zero-order chi connectivity index (χ0) is 7.56. The van der Waals surface area contributed by atoms with Crippen molar-refractivity contribution < 1.29 is 4.79 Å². The first kappa shape index (κ1) is 8.05. The Labute approximate surface area is 69.7 Å². The van der Waals surface area contributed by atoms with Gasteiger partial charge in [-0.1, -0.05) is 15.9 Å². The number of hydrogen-bond donors (Lipinski definition) is 0. The summed E-state index contributed by atoms with van der Waals surface area (Å²) in [6, 6.07) is 0.492. The van der Waals surface area contributed by atoms with Gasteiger partial charge in [0.25, 0.3) is 0 Å². The highest BCUT2D eigenvalue weighted by Crippen LogP contribution is 2.19. The molecular formula is C7H12BrNO. The molecule has 0 aromatic heterocycles. The maximum absolute atomic E-state index is 11.0. The van der Waals surface area contributed by atoms with E-state index in [-0.39, 0.29) is 0 Å². The lowest BCUT2D eigenvalue weighted by Gasteiger charge is -2.17. The molecule has 1 atom stereocenters. The van der Waals surface area contributed by atoms with E-state index < -0.39 is 0 Å². The molecule has 2 nitrogen and oxygen atoms in total. The maximum atomic E-state index is 11.0. The van der Waals surface area contributed by atoms with E-state index in [4.69, 9.17) is 0 Å². The molecule has 3 heteroatoms. The van der Waals surface area contributed by atoms with Gasteiger partial charge in [-0.25, -0.2) is 0 Å². The summed E-state index contributed by atoms with van der Waals surface area (Å²) in [6.07, 6.45) is 2.87. The first-order chi connectivity index (χ1) is 4.75. The first-order valence-corrected chi connectivity index (χ1v) is 4.69. The number of carbonyl (C=O) groups is 1. The standard InChI is InChI=1S/C7H12BrNO/c1-9-6(4-5-8)2-3-7(9)10/h6H,2-5H2,1H3. The molecule has 1 heterocycles. The van der Waals surface area contributed by atoms with Gasteiger partial charge in [-0.15, -0.1) is 0 Å². The zero-order valence-electron chi connectivity index (χ0n) is 6.14. The van der Waals surface area contributed by atoms with Crippen LogP contribution in [0.5, 0.6) is 0 Å². The summed E-state index contributed by atoms with van der Waals surface area (Å²) < 4.78 is 0. The fourth-order valence-corrected chi connectivity index (χ4v) is 1.86. The first-order valence-electron chi connectivity index (χ1n) is 3.57. The second-order valence-electron chi connectivity index (χ2n) is 2.67. The predicted molar refractivity (Wildman–Crippen MR) is 44.2 cm³/mol. The lowest BCUT2D eigenvalue weighted by Crippen LogP contribution is -2.28. The van der Waals surface area contributed by atoms with Gasteiger partial charge in [-0.2, -0.15) is 0 Å². The average Bonchev–Trinajstić information content (AvgIpc) is 2.20. The van der Waals surface area contributed by atoms with E-state index in [0.717, 1.165) is 24.6 Å². The van der Waals surface area contributed by atoms with Gasteiger partial charge in [-0.05, 0) is 12.8 Å². The Morgan fingerprint density at radius 3 is 2.90 bits per heavy atom. The van der Waals surface area contributed by atoms with Crippen LogP contribution in [0.4, 0.5) is 0 Å². The number of alkyl halides is 1. The van der Waals surface area contributed by atoms with Crippen molar-refractivity contribution in [2.45, 2.75) is 25.3 Å². The lowest BCUT2D eigenvalue weighted by molar-refractivity contribution is -0.127. The maximum Gasteiger partial charge on any atom is 0.222 e. The molecule has 10 heavy (non-hydrogen) atoms. The van der Waals surface area contributed by atoms with Gasteiger partial charge in [0, 0.05) is 24.8 Å². The van der Waals surface area contributed by atoms with E-state index in [1.165, 1.54) is 0 Å². The minimum atomic E-state index is 0.297. The second-order valence-corrected chi connectivity index (χ2v) is 3.47. The Morgan fingerprint density at radius 2 is 2.50 bits per heavy atom. The third-order valence-electron chi connectivity index (χ3n) is 2.07. The molecular weight excluding hydrogens is 194 g/mol. The molecule has 1 saturated heterocycles. The molecule has 0 N–H and O–H groups in total. The molecule has 0 spiro atoms. The van der Waals surface area contributed by atoms with Crippen molar-refractivity contribution in [3.63, 3.8) is 0 Å².